The SMILES string of the molecule is Cn1cc(CCC(=O)Nc2ccc3sc(C(=O)O)cc3c2)cn1. The third kappa shape index (κ3) is 3.57. The van der Waals surface area contributed by atoms with Gasteiger partial charge in [-0.05, 0) is 41.6 Å². The van der Waals surface area contributed by atoms with Gasteiger partial charge in [0.15, 0.2) is 0 Å². The summed E-state index contributed by atoms with van der Waals surface area (Å²) in [5, 5.41) is 16.7. The molecule has 7 heteroatoms. The lowest BCUT2D eigenvalue weighted by atomic mass is 10.2. The number of anilines is 1. The number of hydrogen-bond acceptors (Lipinski definition) is 4. The number of nitrogens with zero attached hydrogens (tertiary/aromatic N) is 2. The van der Waals surface area contributed by atoms with E-state index in [1.54, 1.807) is 29.1 Å². The van der Waals surface area contributed by atoms with Gasteiger partial charge in [0.25, 0.3) is 0 Å². The summed E-state index contributed by atoms with van der Waals surface area (Å²) in [6.45, 7) is 0. The van der Waals surface area contributed by atoms with Gasteiger partial charge < -0.3 is 10.4 Å². The second-order valence-corrected chi connectivity index (χ2v) is 6.32. The Morgan fingerprint density at radius 3 is 2.87 bits per heavy atom. The molecular weight excluding hydrogens is 314 g/mol. The molecule has 0 bridgehead atoms. The molecule has 0 saturated carbocycles. The summed E-state index contributed by atoms with van der Waals surface area (Å²) in [6.07, 6.45) is 4.63. The van der Waals surface area contributed by atoms with Crippen LogP contribution in [0.1, 0.15) is 21.7 Å². The molecule has 0 spiro atoms. The van der Waals surface area contributed by atoms with Crippen LogP contribution in [0.25, 0.3) is 10.1 Å². The zero-order valence-corrected chi connectivity index (χ0v) is 13.3. The number of rotatable bonds is 5. The van der Waals surface area contributed by atoms with Crippen LogP contribution >= 0.6 is 11.3 Å². The number of carboxylic acid groups (broad SMARTS) is 1. The number of aromatic carboxylic acids is 1. The highest BCUT2D eigenvalue weighted by molar-refractivity contribution is 7.20. The molecule has 0 aliphatic carbocycles. The van der Waals surface area contributed by atoms with Gasteiger partial charge in [0, 0.05) is 30.1 Å². The van der Waals surface area contributed by atoms with E-state index in [9.17, 15) is 9.59 Å². The average molecular weight is 329 g/mol. The number of carbonyl (C=O) groups excluding carboxylic acids is 1. The lowest BCUT2D eigenvalue weighted by Gasteiger charge is -2.04. The Bertz CT molecular complexity index is 882. The summed E-state index contributed by atoms with van der Waals surface area (Å²) in [6, 6.07) is 7.02. The average Bonchev–Trinajstić information content (AvgIpc) is 3.10. The van der Waals surface area contributed by atoms with E-state index >= 15 is 0 Å². The molecule has 2 heterocycles. The lowest BCUT2D eigenvalue weighted by molar-refractivity contribution is -0.116. The van der Waals surface area contributed by atoms with Crippen molar-refractivity contribution in [1.82, 2.24) is 9.78 Å². The summed E-state index contributed by atoms with van der Waals surface area (Å²) in [5.74, 6) is -1.02. The van der Waals surface area contributed by atoms with E-state index in [0.29, 0.717) is 23.4 Å². The van der Waals surface area contributed by atoms with Crippen molar-refractivity contribution in [3.05, 3.63) is 47.1 Å². The van der Waals surface area contributed by atoms with Crippen molar-refractivity contribution in [3.8, 4) is 0 Å². The maximum absolute atomic E-state index is 12.0. The first-order valence-corrected chi connectivity index (χ1v) is 7.87. The number of carboxylic acids is 1. The van der Waals surface area contributed by atoms with Gasteiger partial charge >= 0.3 is 5.97 Å². The fourth-order valence-electron chi connectivity index (χ4n) is 2.31. The Labute approximate surface area is 136 Å². The van der Waals surface area contributed by atoms with Crippen LogP contribution in [0.2, 0.25) is 0 Å². The molecule has 0 fully saturated rings. The maximum Gasteiger partial charge on any atom is 0.345 e. The molecule has 118 valence electrons. The highest BCUT2D eigenvalue weighted by Crippen LogP contribution is 2.28. The van der Waals surface area contributed by atoms with E-state index in [1.165, 1.54) is 11.3 Å². The van der Waals surface area contributed by atoms with Gasteiger partial charge in [-0.1, -0.05) is 0 Å². The number of thiophene rings is 1. The van der Waals surface area contributed by atoms with Crippen molar-refractivity contribution in [2.24, 2.45) is 7.05 Å². The third-order valence-corrected chi connectivity index (χ3v) is 4.51. The van der Waals surface area contributed by atoms with Crippen LogP contribution in [-0.2, 0) is 18.3 Å². The van der Waals surface area contributed by atoms with Crippen molar-refractivity contribution in [3.63, 3.8) is 0 Å². The van der Waals surface area contributed by atoms with Gasteiger partial charge in [0.1, 0.15) is 4.88 Å². The number of aromatic nitrogens is 2. The van der Waals surface area contributed by atoms with Gasteiger partial charge in [-0.2, -0.15) is 5.10 Å². The molecule has 0 aliphatic rings. The lowest BCUT2D eigenvalue weighted by Crippen LogP contribution is -2.12. The van der Waals surface area contributed by atoms with E-state index in [4.69, 9.17) is 5.11 Å². The van der Waals surface area contributed by atoms with Crippen LogP contribution in [0.3, 0.4) is 0 Å². The van der Waals surface area contributed by atoms with Crippen LogP contribution in [0.15, 0.2) is 36.7 Å². The maximum atomic E-state index is 12.0. The Kier molecular flexibility index (Phi) is 4.12. The molecule has 1 aromatic carbocycles. The Balaban J connectivity index is 1.65. The van der Waals surface area contributed by atoms with Gasteiger partial charge in [0.05, 0.1) is 6.20 Å². The summed E-state index contributed by atoms with van der Waals surface area (Å²) in [4.78, 5) is 23.3. The number of nitrogens with one attached hydrogen (secondary N) is 1. The second kappa shape index (κ2) is 6.21. The van der Waals surface area contributed by atoms with Crippen molar-refractivity contribution in [2.75, 3.05) is 5.32 Å². The first-order chi connectivity index (χ1) is 11.0. The van der Waals surface area contributed by atoms with Crippen molar-refractivity contribution < 1.29 is 14.7 Å². The number of amides is 1. The van der Waals surface area contributed by atoms with Crippen molar-refractivity contribution >= 4 is 39.0 Å². The highest BCUT2D eigenvalue weighted by atomic mass is 32.1. The first-order valence-electron chi connectivity index (χ1n) is 7.05. The highest BCUT2D eigenvalue weighted by Gasteiger charge is 2.10. The van der Waals surface area contributed by atoms with Crippen LogP contribution in [0, 0.1) is 0 Å². The summed E-state index contributed by atoms with van der Waals surface area (Å²) in [5.41, 5.74) is 1.69. The molecule has 3 rings (SSSR count). The molecule has 0 unspecified atom stereocenters. The molecule has 3 aromatic rings. The van der Waals surface area contributed by atoms with E-state index < -0.39 is 5.97 Å². The number of hydrogen-bond donors (Lipinski definition) is 2. The zero-order valence-electron chi connectivity index (χ0n) is 12.4. The zero-order chi connectivity index (χ0) is 16.4. The number of aryl methyl sites for hydroxylation is 2. The summed E-state index contributed by atoms with van der Waals surface area (Å²) >= 11 is 1.22. The number of fused-ring (bicyclic) bond motifs is 1. The molecule has 2 N–H and O–H groups in total. The Morgan fingerprint density at radius 2 is 2.17 bits per heavy atom. The molecule has 0 saturated heterocycles. The van der Waals surface area contributed by atoms with Crippen LogP contribution < -0.4 is 5.32 Å². The van der Waals surface area contributed by atoms with E-state index in [0.717, 1.165) is 15.6 Å². The predicted octanol–water partition coefficient (Wildman–Crippen LogP) is 2.90. The minimum absolute atomic E-state index is 0.0816. The first kappa shape index (κ1) is 15.2. The third-order valence-electron chi connectivity index (χ3n) is 3.41. The van der Waals surface area contributed by atoms with Gasteiger partial charge in [-0.3, -0.25) is 9.48 Å². The monoisotopic (exact) mass is 329 g/mol. The fourth-order valence-corrected chi connectivity index (χ4v) is 3.19. The van der Waals surface area contributed by atoms with Crippen molar-refractivity contribution in [2.45, 2.75) is 12.8 Å². The normalized spacial score (nSPS) is 10.8. The van der Waals surface area contributed by atoms with Crippen LogP contribution in [0.4, 0.5) is 5.69 Å². The van der Waals surface area contributed by atoms with E-state index in [1.807, 2.05) is 19.3 Å². The Hall–Kier alpha value is -2.67. The molecule has 1 amide bonds. The molecule has 0 aliphatic heterocycles. The van der Waals surface area contributed by atoms with Gasteiger partial charge in [-0.25, -0.2) is 4.79 Å². The smallest absolute Gasteiger partial charge is 0.345 e. The quantitative estimate of drug-likeness (QED) is 0.754. The predicted molar refractivity (Wildman–Crippen MR) is 88.9 cm³/mol. The standard InChI is InChI=1S/C16H15N3O3S/c1-19-9-10(8-17-19)2-5-15(20)18-12-3-4-13-11(6-12)7-14(23-13)16(21)22/h3-4,6-9H,2,5H2,1H3,(H,18,20)(H,21,22). The largest absolute Gasteiger partial charge is 0.477 e. The minimum atomic E-state index is -0.937. The molecule has 0 atom stereocenters. The molecule has 0 radical (unpaired) electrons. The molecular formula is C16H15N3O3S. The Morgan fingerprint density at radius 1 is 1.35 bits per heavy atom. The molecule has 2 aromatic heterocycles. The summed E-state index contributed by atoms with van der Waals surface area (Å²) in [7, 11) is 1.84. The summed E-state index contributed by atoms with van der Waals surface area (Å²) < 4.78 is 2.59. The van der Waals surface area contributed by atoms with Gasteiger partial charge in [0.2, 0.25) is 5.91 Å². The fraction of sp³-hybridized carbons (Fsp3) is 0.188. The van der Waals surface area contributed by atoms with Crippen LogP contribution in [-0.4, -0.2) is 26.8 Å². The second-order valence-electron chi connectivity index (χ2n) is 5.24. The molecule has 6 nitrogen and oxygen atoms in total. The van der Waals surface area contributed by atoms with E-state index in [-0.39, 0.29) is 5.91 Å². The van der Waals surface area contributed by atoms with Crippen molar-refractivity contribution in [1.29, 1.82) is 0 Å². The minimum Gasteiger partial charge on any atom is -0.477 e. The number of benzene rings is 1. The number of carbonyl (C=O) groups is 2. The topological polar surface area (TPSA) is 84.2 Å². The molecule has 23 heavy (non-hydrogen) atoms. The van der Waals surface area contributed by atoms with E-state index in [2.05, 4.69) is 10.4 Å². The van der Waals surface area contributed by atoms with Crippen LogP contribution in [0.5, 0.6) is 0 Å². The van der Waals surface area contributed by atoms with Gasteiger partial charge in [-0.15, -0.1) is 11.3 Å².